The molecule has 0 radical (unpaired) electrons. The molecule has 3 aromatic rings. The van der Waals surface area contributed by atoms with Crippen LogP contribution in [0.4, 0.5) is 11.8 Å². The van der Waals surface area contributed by atoms with E-state index in [1.807, 2.05) is 19.1 Å². The van der Waals surface area contributed by atoms with Gasteiger partial charge in [-0.05, 0) is 43.1 Å². The van der Waals surface area contributed by atoms with Gasteiger partial charge in [0.2, 0.25) is 5.95 Å². The lowest BCUT2D eigenvalue weighted by Crippen LogP contribution is -2.39. The highest BCUT2D eigenvalue weighted by molar-refractivity contribution is 6.58. The van der Waals surface area contributed by atoms with E-state index in [0.29, 0.717) is 46.2 Å². The quantitative estimate of drug-likeness (QED) is 0.254. The van der Waals surface area contributed by atoms with Crippen LogP contribution in [-0.4, -0.2) is 58.6 Å². The third-order valence-electron chi connectivity index (χ3n) is 5.80. The molecule has 34 heavy (non-hydrogen) atoms. The van der Waals surface area contributed by atoms with Crippen molar-refractivity contribution >= 4 is 35.3 Å². The highest BCUT2D eigenvalue weighted by Gasteiger charge is 2.25. The maximum atomic E-state index is 10.1. The highest BCUT2D eigenvalue weighted by atomic mass is 16.5. The molecule has 0 saturated heterocycles. The Balaban J connectivity index is 1.97. The zero-order valence-electron chi connectivity index (χ0n) is 20.1. The first-order valence-corrected chi connectivity index (χ1v) is 11.3. The van der Waals surface area contributed by atoms with Crippen molar-refractivity contribution in [3.8, 4) is 11.5 Å². The van der Waals surface area contributed by atoms with Gasteiger partial charge in [-0.3, -0.25) is 0 Å². The van der Waals surface area contributed by atoms with Crippen LogP contribution in [0, 0.1) is 0 Å². The average molecular weight is 468 g/mol. The number of hydrogen-bond acceptors (Lipinski definition) is 9. The van der Waals surface area contributed by atoms with Gasteiger partial charge in [-0.15, -0.1) is 0 Å². The summed E-state index contributed by atoms with van der Waals surface area (Å²) in [5.74, 6) is 2.28. The normalized spacial score (nSPS) is 12.8. The summed E-state index contributed by atoms with van der Waals surface area (Å²) in [4.78, 5) is 9.27. The first kappa shape index (κ1) is 25.5. The summed E-state index contributed by atoms with van der Waals surface area (Å²) in [6, 6.07) is 10.6. The van der Waals surface area contributed by atoms with Gasteiger partial charge in [0.05, 0.1) is 31.9 Å². The molecule has 2 aromatic carbocycles. The van der Waals surface area contributed by atoms with Gasteiger partial charge in [-0.25, -0.2) is 4.98 Å². The molecule has 0 spiro atoms. The molecule has 0 bridgehead atoms. The zero-order chi connectivity index (χ0) is 24.7. The van der Waals surface area contributed by atoms with E-state index in [0.717, 1.165) is 24.8 Å². The van der Waals surface area contributed by atoms with E-state index in [9.17, 15) is 15.2 Å². The molecule has 0 aliphatic carbocycles. The fraction of sp³-hybridized carbons (Fsp3) is 0.417. The van der Waals surface area contributed by atoms with Crippen molar-refractivity contribution in [2.45, 2.75) is 45.2 Å². The van der Waals surface area contributed by atoms with Crippen molar-refractivity contribution in [2.75, 3.05) is 31.5 Å². The van der Waals surface area contributed by atoms with Crippen LogP contribution < -0.4 is 25.6 Å². The number of hydrogen-bond donors (Lipinski definition) is 5. The summed E-state index contributed by atoms with van der Waals surface area (Å²) in [7, 11) is 1.59. The van der Waals surface area contributed by atoms with Crippen LogP contribution in [0.25, 0.3) is 10.9 Å². The van der Waals surface area contributed by atoms with E-state index in [1.54, 1.807) is 38.5 Å². The Morgan fingerprint density at radius 3 is 2.50 bits per heavy atom. The van der Waals surface area contributed by atoms with Crippen LogP contribution in [0.15, 0.2) is 36.4 Å². The molecule has 0 saturated carbocycles. The van der Waals surface area contributed by atoms with Gasteiger partial charge in [0.15, 0.2) is 0 Å². The van der Waals surface area contributed by atoms with E-state index < -0.39 is 12.7 Å². The summed E-state index contributed by atoms with van der Waals surface area (Å²) in [5, 5.41) is 36.7. The van der Waals surface area contributed by atoms with Crippen LogP contribution in [0.1, 0.15) is 38.7 Å². The number of nitrogens with zero attached hydrogens (tertiary/aromatic N) is 2. The molecule has 1 unspecified atom stereocenters. The number of benzene rings is 2. The Kier molecular flexibility index (Phi) is 8.54. The Labute approximate surface area is 200 Å². The molecular formula is C24H33BN4O5. The lowest BCUT2D eigenvalue weighted by atomic mass is 9.80. The fourth-order valence-corrected chi connectivity index (χ4v) is 3.69. The molecule has 0 aliphatic rings. The smallest absolute Gasteiger partial charge is 0.488 e. The van der Waals surface area contributed by atoms with Gasteiger partial charge in [0.25, 0.3) is 0 Å². The molecule has 182 valence electrons. The molecule has 1 atom stereocenters. The molecular weight excluding hydrogens is 435 g/mol. The first-order valence-electron chi connectivity index (χ1n) is 11.3. The summed E-state index contributed by atoms with van der Waals surface area (Å²) in [5.41, 5.74) is 1.20. The fourth-order valence-electron chi connectivity index (χ4n) is 3.69. The van der Waals surface area contributed by atoms with Gasteiger partial charge in [0.1, 0.15) is 17.3 Å². The SMILES string of the molecule is CCCCC(C)(CO)Nc1nc(NCc2ccc(OC)cc2OC)nc2cc(B(O)O)ccc12. The lowest BCUT2D eigenvalue weighted by Gasteiger charge is -2.30. The Hall–Kier alpha value is -3.08. The predicted molar refractivity (Wildman–Crippen MR) is 135 cm³/mol. The van der Waals surface area contributed by atoms with Crippen molar-refractivity contribution in [3.05, 3.63) is 42.0 Å². The van der Waals surface area contributed by atoms with Crippen molar-refractivity contribution in [1.29, 1.82) is 0 Å². The molecule has 0 amide bonds. The van der Waals surface area contributed by atoms with Gasteiger partial charge in [-0.1, -0.05) is 25.8 Å². The highest BCUT2D eigenvalue weighted by Crippen LogP contribution is 2.28. The number of unbranched alkanes of at least 4 members (excludes halogenated alkanes) is 1. The van der Waals surface area contributed by atoms with E-state index in [2.05, 4.69) is 27.5 Å². The lowest BCUT2D eigenvalue weighted by molar-refractivity contribution is 0.212. The summed E-state index contributed by atoms with van der Waals surface area (Å²) < 4.78 is 10.7. The summed E-state index contributed by atoms with van der Waals surface area (Å²) >= 11 is 0. The van der Waals surface area contributed by atoms with Crippen molar-refractivity contribution in [1.82, 2.24) is 9.97 Å². The number of aliphatic hydroxyl groups is 1. The molecule has 9 nitrogen and oxygen atoms in total. The number of rotatable bonds is 12. The minimum Gasteiger partial charge on any atom is -0.497 e. The molecule has 1 aromatic heterocycles. The number of methoxy groups -OCH3 is 2. The number of aliphatic hydroxyl groups excluding tert-OH is 1. The van der Waals surface area contributed by atoms with Gasteiger partial charge >= 0.3 is 7.12 Å². The topological polar surface area (TPSA) is 129 Å². The minimum atomic E-state index is -1.61. The van der Waals surface area contributed by atoms with Crippen LogP contribution in [-0.2, 0) is 6.54 Å². The summed E-state index contributed by atoms with van der Waals surface area (Å²) in [6.45, 7) is 4.40. The molecule has 10 heteroatoms. The monoisotopic (exact) mass is 468 g/mol. The van der Waals surface area contributed by atoms with Crippen LogP contribution >= 0.6 is 0 Å². The Bertz CT molecular complexity index is 1110. The van der Waals surface area contributed by atoms with Gasteiger partial charge in [-0.2, -0.15) is 4.98 Å². The van der Waals surface area contributed by atoms with E-state index in [-0.39, 0.29) is 6.61 Å². The van der Waals surface area contributed by atoms with Crippen molar-refractivity contribution < 1.29 is 24.6 Å². The number of nitrogens with one attached hydrogen (secondary N) is 2. The third-order valence-corrected chi connectivity index (χ3v) is 5.80. The maximum absolute atomic E-state index is 10.1. The largest absolute Gasteiger partial charge is 0.497 e. The maximum Gasteiger partial charge on any atom is 0.488 e. The standard InChI is InChI=1S/C24H33BN4O5/c1-5-6-11-24(2,15-30)29-22-19-10-8-17(25(31)32)12-20(19)27-23(28-22)26-14-16-7-9-18(33-3)13-21(16)34-4/h7-10,12-13,30-32H,5-6,11,14-15H2,1-4H3,(H2,26,27,28,29). The molecule has 0 aliphatic heterocycles. The zero-order valence-corrected chi connectivity index (χ0v) is 20.1. The second-order valence-electron chi connectivity index (χ2n) is 8.52. The third kappa shape index (κ3) is 6.08. The average Bonchev–Trinajstić information content (AvgIpc) is 2.85. The minimum absolute atomic E-state index is 0.0578. The van der Waals surface area contributed by atoms with Gasteiger partial charge in [0, 0.05) is 23.6 Å². The number of aromatic nitrogens is 2. The number of fused-ring (bicyclic) bond motifs is 1. The molecule has 3 rings (SSSR count). The Morgan fingerprint density at radius 2 is 1.85 bits per heavy atom. The van der Waals surface area contributed by atoms with Crippen LogP contribution in [0.2, 0.25) is 0 Å². The van der Waals surface area contributed by atoms with Crippen LogP contribution in [0.5, 0.6) is 11.5 Å². The van der Waals surface area contributed by atoms with Crippen molar-refractivity contribution in [3.63, 3.8) is 0 Å². The van der Waals surface area contributed by atoms with Crippen LogP contribution in [0.3, 0.4) is 0 Å². The second kappa shape index (κ2) is 11.4. The van der Waals surface area contributed by atoms with Gasteiger partial charge < -0.3 is 35.3 Å². The second-order valence-corrected chi connectivity index (χ2v) is 8.52. The Morgan fingerprint density at radius 1 is 1.06 bits per heavy atom. The van der Waals surface area contributed by atoms with E-state index in [1.165, 1.54) is 0 Å². The molecule has 0 fully saturated rings. The first-order chi connectivity index (χ1) is 16.3. The van der Waals surface area contributed by atoms with E-state index >= 15 is 0 Å². The summed E-state index contributed by atoms with van der Waals surface area (Å²) in [6.07, 6.45) is 2.73. The van der Waals surface area contributed by atoms with Crippen molar-refractivity contribution in [2.24, 2.45) is 0 Å². The van der Waals surface area contributed by atoms with E-state index in [4.69, 9.17) is 9.47 Å². The number of anilines is 2. The predicted octanol–water partition coefficient (Wildman–Crippen LogP) is 2.29. The number of ether oxygens (including phenoxy) is 2. The molecule has 1 heterocycles. The molecule has 5 N–H and O–H groups in total.